The second-order valence-corrected chi connectivity index (χ2v) is 7.11. The van der Waals surface area contributed by atoms with E-state index in [0.717, 1.165) is 6.26 Å². The predicted octanol–water partition coefficient (Wildman–Crippen LogP) is -1.94. The van der Waals surface area contributed by atoms with E-state index in [9.17, 15) is 30.0 Å². The van der Waals surface area contributed by atoms with E-state index in [4.69, 9.17) is 18.9 Å². The second-order valence-electron chi connectivity index (χ2n) is 7.11. The Bertz CT molecular complexity index is 617. The summed E-state index contributed by atoms with van der Waals surface area (Å²) in [4.78, 5) is 24.4. The van der Waals surface area contributed by atoms with E-state index >= 15 is 0 Å². The lowest BCUT2D eigenvalue weighted by atomic mass is 9.83. The number of ether oxygens (including phenoxy) is 4. The molecule has 0 spiro atoms. The van der Waals surface area contributed by atoms with Gasteiger partial charge in [0.05, 0.1) is 31.5 Å². The maximum Gasteiger partial charge on any atom is 0.337 e. The Morgan fingerprint density at radius 2 is 1.93 bits per heavy atom. The Hall–Kier alpha value is -1.56. The highest BCUT2D eigenvalue weighted by atomic mass is 16.8. The summed E-state index contributed by atoms with van der Waals surface area (Å²) in [5.41, 5.74) is 0.102. The molecule has 1 aliphatic carbocycles. The van der Waals surface area contributed by atoms with Crippen LogP contribution in [0.4, 0.5) is 0 Å². The third kappa shape index (κ3) is 3.48. The lowest BCUT2D eigenvalue weighted by Gasteiger charge is -2.42. The van der Waals surface area contributed by atoms with Crippen LogP contribution in [0.2, 0.25) is 0 Å². The van der Waals surface area contributed by atoms with Crippen molar-refractivity contribution >= 4 is 11.8 Å². The Labute approximate surface area is 155 Å². The number of carbonyl (C=O) groups excluding carboxylic acids is 2. The Morgan fingerprint density at radius 3 is 2.56 bits per heavy atom. The van der Waals surface area contributed by atoms with Crippen LogP contribution in [0.1, 0.15) is 13.3 Å². The van der Waals surface area contributed by atoms with Crippen molar-refractivity contribution in [3.63, 3.8) is 0 Å². The number of rotatable bonds is 4. The van der Waals surface area contributed by atoms with Crippen LogP contribution in [-0.4, -0.2) is 82.9 Å². The number of methoxy groups -OCH3 is 1. The summed E-state index contributed by atoms with van der Waals surface area (Å²) >= 11 is 0. The maximum atomic E-state index is 12.4. The van der Waals surface area contributed by atoms with Gasteiger partial charge in [0.15, 0.2) is 6.29 Å². The summed E-state index contributed by atoms with van der Waals surface area (Å²) in [6.07, 6.45) is -6.93. The minimum absolute atomic E-state index is 0.102. The third-order valence-corrected chi connectivity index (χ3v) is 5.43. The van der Waals surface area contributed by atoms with Crippen molar-refractivity contribution < 1.29 is 49.0 Å². The van der Waals surface area contributed by atoms with E-state index in [0.29, 0.717) is 0 Å². The fraction of sp³-hybridized carbons (Fsp3) is 0.765. The van der Waals surface area contributed by atoms with Crippen molar-refractivity contribution in [2.24, 2.45) is 17.8 Å². The molecule has 0 unspecified atom stereocenters. The number of ketones is 1. The highest BCUT2D eigenvalue weighted by molar-refractivity contribution is 5.99. The van der Waals surface area contributed by atoms with E-state index in [1.54, 1.807) is 0 Å². The third-order valence-electron chi connectivity index (χ3n) is 5.43. The molecule has 10 nitrogen and oxygen atoms in total. The van der Waals surface area contributed by atoms with Gasteiger partial charge < -0.3 is 39.4 Å². The van der Waals surface area contributed by atoms with Gasteiger partial charge >= 0.3 is 5.97 Å². The number of hydrogen-bond donors (Lipinski definition) is 4. The van der Waals surface area contributed by atoms with Crippen LogP contribution < -0.4 is 0 Å². The summed E-state index contributed by atoms with van der Waals surface area (Å²) in [7, 11) is 1.21. The monoisotopic (exact) mass is 388 g/mol. The molecule has 0 aromatic rings. The number of fused-ring (bicyclic) bond motifs is 1. The summed E-state index contributed by atoms with van der Waals surface area (Å²) in [6.45, 7) is 1.22. The number of carbonyl (C=O) groups is 2. The molecule has 9 atom stereocenters. The molecule has 1 saturated heterocycles. The van der Waals surface area contributed by atoms with Gasteiger partial charge in [-0.1, -0.05) is 6.92 Å². The molecule has 0 aromatic carbocycles. The van der Waals surface area contributed by atoms with Crippen molar-refractivity contribution in [1.82, 2.24) is 0 Å². The largest absolute Gasteiger partial charge is 0.472 e. The van der Waals surface area contributed by atoms with Crippen molar-refractivity contribution in [1.29, 1.82) is 0 Å². The molecule has 1 saturated carbocycles. The lowest BCUT2D eigenvalue weighted by molar-refractivity contribution is -0.342. The first kappa shape index (κ1) is 20.2. The first-order chi connectivity index (χ1) is 12.8. The molecule has 3 rings (SSSR count). The summed E-state index contributed by atoms with van der Waals surface area (Å²) < 4.78 is 21.2. The van der Waals surface area contributed by atoms with Crippen molar-refractivity contribution in [2.45, 2.75) is 50.3 Å². The molecule has 27 heavy (non-hydrogen) atoms. The van der Waals surface area contributed by atoms with Crippen LogP contribution in [0.15, 0.2) is 11.8 Å². The van der Waals surface area contributed by atoms with Gasteiger partial charge in [-0.2, -0.15) is 0 Å². The molecular weight excluding hydrogens is 364 g/mol. The zero-order chi connectivity index (χ0) is 19.9. The van der Waals surface area contributed by atoms with Crippen LogP contribution in [0.5, 0.6) is 0 Å². The van der Waals surface area contributed by atoms with Crippen molar-refractivity contribution in [3.05, 3.63) is 11.8 Å². The number of esters is 1. The zero-order valence-corrected chi connectivity index (χ0v) is 14.9. The highest BCUT2D eigenvalue weighted by Crippen LogP contribution is 2.45. The molecule has 0 radical (unpaired) electrons. The fourth-order valence-electron chi connectivity index (χ4n) is 3.96. The summed E-state index contributed by atoms with van der Waals surface area (Å²) in [6, 6.07) is 0. The van der Waals surface area contributed by atoms with Gasteiger partial charge in [-0.25, -0.2) is 4.79 Å². The molecule has 2 aliphatic heterocycles. The Balaban J connectivity index is 1.82. The SMILES string of the molecule is COC(=O)C1=CO[C@@H](O[C@@H]2O[C@H](CO)[C@@H](O)[C@H](O)[C@H]2O)[C@H]2[C@@H]1C(=O)C[C@H]2C. The van der Waals surface area contributed by atoms with Gasteiger partial charge in [-0.15, -0.1) is 0 Å². The fourth-order valence-corrected chi connectivity index (χ4v) is 3.96. The Kier molecular flexibility index (Phi) is 5.84. The molecular formula is C17H24O10. The van der Waals surface area contributed by atoms with Crippen LogP contribution in [0.25, 0.3) is 0 Å². The normalized spacial score (nSPS) is 44.3. The molecule has 152 valence electrons. The quantitative estimate of drug-likeness (QED) is 0.400. The average Bonchev–Trinajstić information content (AvgIpc) is 2.96. The second kappa shape index (κ2) is 7.82. The van der Waals surface area contributed by atoms with Crippen LogP contribution in [-0.2, 0) is 28.5 Å². The van der Waals surface area contributed by atoms with Crippen LogP contribution >= 0.6 is 0 Å². The van der Waals surface area contributed by atoms with E-state index in [1.807, 2.05) is 6.92 Å². The van der Waals surface area contributed by atoms with E-state index < -0.39 is 61.4 Å². The van der Waals surface area contributed by atoms with Crippen molar-refractivity contribution in [2.75, 3.05) is 13.7 Å². The predicted molar refractivity (Wildman–Crippen MR) is 85.6 cm³/mol. The van der Waals surface area contributed by atoms with Gasteiger partial charge in [0.1, 0.15) is 30.2 Å². The number of aliphatic hydroxyl groups is 4. The molecule has 0 aromatic heterocycles. The maximum absolute atomic E-state index is 12.4. The smallest absolute Gasteiger partial charge is 0.337 e. The minimum atomic E-state index is -1.59. The number of Topliss-reactive ketones (excluding diaryl/α,β-unsaturated/α-hetero) is 1. The molecule has 0 bridgehead atoms. The van der Waals surface area contributed by atoms with Gasteiger partial charge in [-0.3, -0.25) is 4.79 Å². The lowest BCUT2D eigenvalue weighted by Crippen LogP contribution is -2.60. The molecule has 2 heterocycles. The summed E-state index contributed by atoms with van der Waals surface area (Å²) in [5.74, 6) is -2.28. The molecule has 4 N–H and O–H groups in total. The Morgan fingerprint density at radius 1 is 1.22 bits per heavy atom. The van der Waals surface area contributed by atoms with Crippen LogP contribution in [0, 0.1) is 17.8 Å². The van der Waals surface area contributed by atoms with Gasteiger partial charge in [-0.05, 0) is 5.92 Å². The van der Waals surface area contributed by atoms with Gasteiger partial charge in [0.25, 0.3) is 0 Å². The first-order valence-corrected chi connectivity index (χ1v) is 8.72. The number of aliphatic hydroxyl groups excluding tert-OH is 4. The standard InChI is InChI=1S/C17H24O10/c1-6-3-8(19)11-7(15(23)24-2)5-25-16(10(6)11)27-17-14(22)13(21)12(20)9(4-18)26-17/h5-6,9-14,16-18,20-22H,3-4H2,1-2H3/t6-,9-,10-,11+,12-,13+,14-,16+,17+/m1/s1. The highest BCUT2D eigenvalue weighted by Gasteiger charge is 2.54. The molecule has 2 fully saturated rings. The first-order valence-electron chi connectivity index (χ1n) is 8.72. The molecule has 3 aliphatic rings. The van der Waals surface area contributed by atoms with Crippen molar-refractivity contribution in [3.8, 4) is 0 Å². The number of hydrogen-bond acceptors (Lipinski definition) is 10. The van der Waals surface area contributed by atoms with E-state index in [2.05, 4.69) is 0 Å². The minimum Gasteiger partial charge on any atom is -0.472 e. The van der Waals surface area contributed by atoms with Gasteiger partial charge in [0.2, 0.25) is 6.29 Å². The average molecular weight is 388 g/mol. The van der Waals surface area contributed by atoms with Gasteiger partial charge in [0, 0.05) is 12.3 Å². The molecule has 10 heteroatoms. The summed E-state index contributed by atoms with van der Waals surface area (Å²) in [5, 5.41) is 39.1. The topological polar surface area (TPSA) is 152 Å². The molecule has 0 amide bonds. The van der Waals surface area contributed by atoms with Crippen LogP contribution in [0.3, 0.4) is 0 Å². The van der Waals surface area contributed by atoms with E-state index in [1.165, 1.54) is 7.11 Å². The zero-order valence-electron chi connectivity index (χ0n) is 14.9. The van der Waals surface area contributed by atoms with E-state index in [-0.39, 0.29) is 23.7 Å².